The number of carbonyl (C=O) groups is 1. The van der Waals surface area contributed by atoms with Crippen molar-refractivity contribution in [2.75, 3.05) is 32.8 Å². The molecule has 4 nitrogen and oxygen atoms in total. The number of hydrogen-bond donors (Lipinski definition) is 0. The first-order valence-electron chi connectivity index (χ1n) is 8.61. The van der Waals surface area contributed by atoms with Gasteiger partial charge in [0.05, 0.1) is 13.0 Å². The topological polar surface area (TPSA) is 32.8 Å². The van der Waals surface area contributed by atoms with Crippen LogP contribution in [0.3, 0.4) is 0 Å². The van der Waals surface area contributed by atoms with Crippen molar-refractivity contribution in [3.05, 3.63) is 52.5 Å². The van der Waals surface area contributed by atoms with Gasteiger partial charge in [0.1, 0.15) is 0 Å². The Balaban J connectivity index is 1.42. The van der Waals surface area contributed by atoms with Crippen molar-refractivity contribution < 1.29 is 13.9 Å². The highest BCUT2D eigenvalue weighted by Crippen LogP contribution is 2.16. The van der Waals surface area contributed by atoms with Crippen LogP contribution in [0.15, 0.2) is 41.1 Å². The molecule has 0 saturated carbocycles. The predicted molar refractivity (Wildman–Crippen MR) is 97.3 cm³/mol. The van der Waals surface area contributed by atoms with Crippen molar-refractivity contribution in [3.63, 3.8) is 0 Å². The third-order valence-electron chi connectivity index (χ3n) is 4.34. The van der Waals surface area contributed by atoms with Crippen molar-refractivity contribution in [1.82, 2.24) is 9.80 Å². The first-order valence-corrected chi connectivity index (χ1v) is 9.55. The zero-order valence-corrected chi connectivity index (χ0v) is 15.0. The molecule has 1 aromatic heterocycles. The number of thiophene rings is 1. The van der Waals surface area contributed by atoms with Crippen molar-refractivity contribution >= 4 is 17.2 Å². The Morgan fingerprint density at radius 1 is 1.16 bits per heavy atom. The molecule has 0 N–H and O–H groups in total. The molecule has 3 rings (SSSR count). The molecule has 134 valence electrons. The van der Waals surface area contributed by atoms with Gasteiger partial charge in [-0.05, 0) is 40.9 Å². The number of carbonyl (C=O) groups excluding carboxylic acids is 1. The maximum Gasteiger partial charge on any atom is 0.226 e. The second-order valence-electron chi connectivity index (χ2n) is 6.17. The zero-order chi connectivity index (χ0) is 17.5. The van der Waals surface area contributed by atoms with Crippen LogP contribution < -0.4 is 4.74 Å². The highest BCUT2D eigenvalue weighted by Gasteiger charge is 2.19. The average Bonchev–Trinajstić information content (AvgIpc) is 3.01. The molecule has 25 heavy (non-hydrogen) atoms. The minimum absolute atomic E-state index is 0.0775. The minimum Gasteiger partial charge on any atom is -0.490 e. The van der Waals surface area contributed by atoms with E-state index in [9.17, 15) is 9.18 Å². The van der Waals surface area contributed by atoms with Crippen LogP contribution in [-0.2, 0) is 11.3 Å². The maximum atomic E-state index is 13.5. The molecule has 6 heteroatoms. The monoisotopic (exact) mass is 362 g/mol. The molecule has 1 aliphatic rings. The highest BCUT2D eigenvalue weighted by atomic mass is 32.1. The van der Waals surface area contributed by atoms with E-state index in [4.69, 9.17) is 4.74 Å². The van der Waals surface area contributed by atoms with E-state index in [0.717, 1.165) is 39.1 Å². The Morgan fingerprint density at radius 3 is 2.84 bits per heavy atom. The van der Waals surface area contributed by atoms with E-state index in [1.54, 1.807) is 29.5 Å². The van der Waals surface area contributed by atoms with Gasteiger partial charge in [-0.15, -0.1) is 0 Å². The molecule has 0 radical (unpaired) electrons. The van der Waals surface area contributed by atoms with E-state index in [1.807, 2.05) is 4.90 Å². The van der Waals surface area contributed by atoms with Gasteiger partial charge in [-0.25, -0.2) is 4.39 Å². The standard InChI is InChI=1S/C19H23FN2O2S/c20-17-4-1-2-5-18(17)24-12-6-19(23)22-9-3-8-21(10-11-22)14-16-7-13-25-15-16/h1-2,4-5,7,13,15H,3,6,8-12,14H2. The molecular weight excluding hydrogens is 339 g/mol. The molecule has 0 bridgehead atoms. The minimum atomic E-state index is -0.395. The van der Waals surface area contributed by atoms with E-state index >= 15 is 0 Å². The molecule has 1 amide bonds. The Labute approximate surface area is 151 Å². The van der Waals surface area contributed by atoms with Gasteiger partial charge >= 0.3 is 0 Å². The smallest absolute Gasteiger partial charge is 0.226 e. The number of ether oxygens (including phenoxy) is 1. The summed E-state index contributed by atoms with van der Waals surface area (Å²) in [6, 6.07) is 8.42. The number of amides is 1. The molecule has 1 fully saturated rings. The Kier molecular flexibility index (Phi) is 6.42. The van der Waals surface area contributed by atoms with Crippen molar-refractivity contribution in [2.45, 2.75) is 19.4 Å². The van der Waals surface area contributed by atoms with Gasteiger partial charge in [-0.3, -0.25) is 9.69 Å². The fourth-order valence-corrected chi connectivity index (χ4v) is 3.65. The Hall–Kier alpha value is -1.92. The molecule has 0 spiro atoms. The largest absolute Gasteiger partial charge is 0.490 e. The number of rotatable bonds is 6. The molecule has 1 saturated heterocycles. The summed E-state index contributed by atoms with van der Waals surface area (Å²) in [5, 5.41) is 4.27. The maximum absolute atomic E-state index is 13.5. The zero-order valence-electron chi connectivity index (χ0n) is 14.2. The summed E-state index contributed by atoms with van der Waals surface area (Å²) in [6.45, 7) is 4.55. The summed E-state index contributed by atoms with van der Waals surface area (Å²) in [7, 11) is 0. The second-order valence-corrected chi connectivity index (χ2v) is 6.95. The molecule has 2 aromatic rings. The third-order valence-corrected chi connectivity index (χ3v) is 5.07. The lowest BCUT2D eigenvalue weighted by atomic mass is 10.3. The molecular formula is C19H23FN2O2S. The van der Waals surface area contributed by atoms with E-state index in [2.05, 4.69) is 21.7 Å². The summed E-state index contributed by atoms with van der Waals surface area (Å²) in [5.41, 5.74) is 1.34. The number of para-hydroxylation sites is 1. The lowest BCUT2D eigenvalue weighted by Crippen LogP contribution is -2.35. The summed E-state index contributed by atoms with van der Waals surface area (Å²) in [5.74, 6) is -0.115. The van der Waals surface area contributed by atoms with Gasteiger partial charge in [0.15, 0.2) is 11.6 Å². The summed E-state index contributed by atoms with van der Waals surface area (Å²) >= 11 is 1.72. The quantitative estimate of drug-likeness (QED) is 0.790. The Morgan fingerprint density at radius 2 is 2.04 bits per heavy atom. The van der Waals surface area contributed by atoms with E-state index < -0.39 is 5.82 Å². The van der Waals surface area contributed by atoms with Crippen LogP contribution >= 0.6 is 11.3 Å². The lowest BCUT2D eigenvalue weighted by Gasteiger charge is -2.22. The van der Waals surface area contributed by atoms with E-state index in [-0.39, 0.29) is 24.7 Å². The van der Waals surface area contributed by atoms with E-state index in [1.165, 1.54) is 11.6 Å². The molecule has 0 atom stereocenters. The van der Waals surface area contributed by atoms with Crippen molar-refractivity contribution in [1.29, 1.82) is 0 Å². The summed E-state index contributed by atoms with van der Waals surface area (Å²) in [4.78, 5) is 16.7. The molecule has 2 heterocycles. The normalized spacial score (nSPS) is 15.8. The number of hydrogen-bond acceptors (Lipinski definition) is 4. The number of halogens is 1. The predicted octanol–water partition coefficient (Wildman–Crippen LogP) is 3.39. The second kappa shape index (κ2) is 8.97. The molecule has 1 aromatic carbocycles. The van der Waals surface area contributed by atoms with E-state index in [0.29, 0.717) is 0 Å². The van der Waals surface area contributed by atoms with Crippen LogP contribution in [0.2, 0.25) is 0 Å². The molecule has 0 unspecified atom stereocenters. The fraction of sp³-hybridized carbons (Fsp3) is 0.421. The number of benzene rings is 1. The van der Waals surface area contributed by atoms with Crippen LogP contribution in [0.1, 0.15) is 18.4 Å². The van der Waals surface area contributed by atoms with Gasteiger partial charge in [0, 0.05) is 32.7 Å². The number of nitrogens with zero attached hydrogens (tertiary/aromatic N) is 2. The average molecular weight is 362 g/mol. The first kappa shape index (κ1) is 17.9. The van der Waals surface area contributed by atoms with Crippen molar-refractivity contribution in [2.24, 2.45) is 0 Å². The van der Waals surface area contributed by atoms with Crippen LogP contribution in [0, 0.1) is 5.82 Å². The SMILES string of the molecule is O=C(CCOc1ccccc1F)N1CCCN(Cc2ccsc2)CC1. The van der Waals surface area contributed by atoms with Gasteiger partial charge in [0.2, 0.25) is 5.91 Å². The first-order chi connectivity index (χ1) is 12.2. The third kappa shape index (κ3) is 5.28. The molecule has 0 aliphatic carbocycles. The fourth-order valence-electron chi connectivity index (χ4n) is 2.99. The van der Waals surface area contributed by atoms with Gasteiger partial charge in [-0.1, -0.05) is 12.1 Å². The Bertz CT molecular complexity index is 678. The van der Waals surface area contributed by atoms with Crippen LogP contribution in [0.25, 0.3) is 0 Å². The highest BCUT2D eigenvalue weighted by molar-refractivity contribution is 7.07. The van der Waals surface area contributed by atoms with Crippen LogP contribution in [0.5, 0.6) is 5.75 Å². The van der Waals surface area contributed by atoms with Crippen LogP contribution in [0.4, 0.5) is 4.39 Å². The van der Waals surface area contributed by atoms with Gasteiger partial charge < -0.3 is 9.64 Å². The van der Waals surface area contributed by atoms with Crippen LogP contribution in [-0.4, -0.2) is 48.5 Å². The summed E-state index contributed by atoms with van der Waals surface area (Å²) in [6.07, 6.45) is 1.25. The molecule has 1 aliphatic heterocycles. The lowest BCUT2D eigenvalue weighted by molar-refractivity contribution is -0.131. The van der Waals surface area contributed by atoms with Crippen molar-refractivity contribution in [3.8, 4) is 5.75 Å². The van der Waals surface area contributed by atoms with Gasteiger partial charge in [-0.2, -0.15) is 11.3 Å². The van der Waals surface area contributed by atoms with Gasteiger partial charge in [0.25, 0.3) is 0 Å². The summed E-state index contributed by atoms with van der Waals surface area (Å²) < 4.78 is 18.9.